The molecule has 0 saturated heterocycles. The fourth-order valence-electron chi connectivity index (χ4n) is 1.37. The maximum atomic E-state index is 11.6. The van der Waals surface area contributed by atoms with Crippen LogP contribution in [0.25, 0.3) is 10.2 Å². The fourth-order valence-corrected chi connectivity index (χ4v) is 2.89. The van der Waals surface area contributed by atoms with Gasteiger partial charge in [0.05, 0.1) is 28.8 Å². The number of hydrogen-bond acceptors (Lipinski definition) is 6. The average Bonchev–Trinajstić information content (AvgIpc) is 2.80. The zero-order valence-electron chi connectivity index (χ0n) is 10.2. The van der Waals surface area contributed by atoms with Crippen molar-refractivity contribution in [1.82, 2.24) is 4.98 Å². The van der Waals surface area contributed by atoms with E-state index in [1.165, 1.54) is 30.2 Å². The van der Waals surface area contributed by atoms with Gasteiger partial charge in [-0.1, -0.05) is 23.5 Å². The minimum absolute atomic E-state index is 0.170. The summed E-state index contributed by atoms with van der Waals surface area (Å²) < 4.78 is 5.52. The summed E-state index contributed by atoms with van der Waals surface area (Å²) in [6, 6.07) is 7.68. The number of aromatic nitrogens is 1. The Kier molecular flexibility index (Phi) is 4.75. The lowest BCUT2D eigenvalue weighted by molar-refractivity contribution is -0.137. The molecule has 0 fully saturated rings. The quantitative estimate of drug-likeness (QED) is 0.856. The first-order valence-corrected chi connectivity index (χ1v) is 7.46. The van der Waals surface area contributed by atoms with Crippen LogP contribution in [0.4, 0.5) is 5.13 Å². The van der Waals surface area contributed by atoms with Gasteiger partial charge in [-0.3, -0.25) is 9.59 Å². The van der Waals surface area contributed by atoms with Crippen LogP contribution in [0.3, 0.4) is 0 Å². The number of anilines is 1. The molecule has 1 aromatic heterocycles. The van der Waals surface area contributed by atoms with Crippen LogP contribution in [0.5, 0.6) is 0 Å². The summed E-state index contributed by atoms with van der Waals surface area (Å²) in [4.78, 5) is 26.8. The molecule has 0 spiro atoms. The molecule has 0 saturated carbocycles. The molecule has 0 bridgehead atoms. The minimum atomic E-state index is -0.335. The molecule has 1 heterocycles. The fraction of sp³-hybridized carbons (Fsp3) is 0.250. The van der Waals surface area contributed by atoms with E-state index in [1.54, 1.807) is 0 Å². The normalized spacial score (nSPS) is 10.4. The molecule has 2 aromatic rings. The second-order valence-electron chi connectivity index (χ2n) is 3.60. The van der Waals surface area contributed by atoms with E-state index in [2.05, 4.69) is 15.0 Å². The zero-order valence-corrected chi connectivity index (χ0v) is 11.8. The van der Waals surface area contributed by atoms with E-state index in [-0.39, 0.29) is 23.4 Å². The van der Waals surface area contributed by atoms with Gasteiger partial charge >= 0.3 is 5.97 Å². The van der Waals surface area contributed by atoms with E-state index in [0.29, 0.717) is 5.13 Å². The SMILES string of the molecule is COC(=O)CSCC(=O)Nc1nc2ccccc2s1. The Morgan fingerprint density at radius 1 is 1.37 bits per heavy atom. The van der Waals surface area contributed by atoms with E-state index in [1.807, 2.05) is 24.3 Å². The summed E-state index contributed by atoms with van der Waals surface area (Å²) >= 11 is 2.64. The molecular formula is C12H12N2O3S2. The number of esters is 1. The molecule has 2 rings (SSSR count). The number of carbonyl (C=O) groups is 2. The second kappa shape index (κ2) is 6.53. The standard InChI is InChI=1S/C12H12N2O3S2/c1-17-11(16)7-18-6-10(15)14-12-13-8-4-2-3-5-9(8)19-12/h2-5H,6-7H2,1H3,(H,13,14,15). The Balaban J connectivity index is 1.86. The summed E-state index contributed by atoms with van der Waals surface area (Å²) in [5, 5.41) is 3.29. The number of rotatable bonds is 5. The Morgan fingerprint density at radius 2 is 2.16 bits per heavy atom. The van der Waals surface area contributed by atoms with E-state index in [0.717, 1.165) is 10.2 Å². The molecule has 100 valence electrons. The summed E-state index contributed by atoms with van der Waals surface area (Å²) in [6.07, 6.45) is 0. The van der Waals surface area contributed by atoms with Crippen LogP contribution in [0.15, 0.2) is 24.3 Å². The molecule has 0 aliphatic carbocycles. The molecule has 7 heteroatoms. The molecule has 5 nitrogen and oxygen atoms in total. The first kappa shape index (κ1) is 13.8. The van der Waals surface area contributed by atoms with E-state index < -0.39 is 0 Å². The lowest BCUT2D eigenvalue weighted by atomic mass is 10.3. The Bertz CT molecular complexity index is 564. The summed E-state index contributed by atoms with van der Waals surface area (Å²) in [5.41, 5.74) is 0.866. The van der Waals surface area contributed by atoms with Crippen molar-refractivity contribution in [2.24, 2.45) is 0 Å². The Morgan fingerprint density at radius 3 is 2.89 bits per heavy atom. The van der Waals surface area contributed by atoms with E-state index >= 15 is 0 Å². The van der Waals surface area contributed by atoms with Gasteiger partial charge in [0.15, 0.2) is 5.13 Å². The van der Waals surface area contributed by atoms with Crippen LogP contribution < -0.4 is 5.32 Å². The van der Waals surface area contributed by atoms with Crippen LogP contribution in [0.1, 0.15) is 0 Å². The van der Waals surface area contributed by atoms with Crippen molar-refractivity contribution >= 4 is 50.3 Å². The summed E-state index contributed by atoms with van der Waals surface area (Å²) in [7, 11) is 1.32. The van der Waals surface area contributed by atoms with Gasteiger partial charge in [-0.05, 0) is 12.1 Å². The van der Waals surface area contributed by atoms with E-state index in [4.69, 9.17) is 0 Å². The maximum absolute atomic E-state index is 11.6. The van der Waals surface area contributed by atoms with E-state index in [9.17, 15) is 9.59 Å². The van der Waals surface area contributed by atoms with Gasteiger partial charge in [-0.25, -0.2) is 4.98 Å². The highest BCUT2D eigenvalue weighted by molar-refractivity contribution is 8.00. The monoisotopic (exact) mass is 296 g/mol. The Hall–Kier alpha value is -1.60. The summed E-state index contributed by atoms with van der Waals surface area (Å²) in [6.45, 7) is 0. The number of thioether (sulfide) groups is 1. The number of nitrogens with zero attached hydrogens (tertiary/aromatic N) is 1. The predicted molar refractivity (Wildman–Crippen MR) is 77.6 cm³/mol. The molecule has 0 aliphatic rings. The first-order valence-electron chi connectivity index (χ1n) is 5.49. The highest BCUT2D eigenvalue weighted by Gasteiger charge is 2.08. The number of thiazole rings is 1. The number of carbonyl (C=O) groups excluding carboxylic acids is 2. The second-order valence-corrected chi connectivity index (χ2v) is 5.62. The predicted octanol–water partition coefficient (Wildman–Crippen LogP) is 2.14. The maximum Gasteiger partial charge on any atom is 0.315 e. The number of methoxy groups -OCH3 is 1. The molecule has 1 aromatic carbocycles. The molecular weight excluding hydrogens is 284 g/mol. The van der Waals surface area contributed by atoms with Crippen molar-refractivity contribution in [1.29, 1.82) is 0 Å². The number of amides is 1. The minimum Gasteiger partial charge on any atom is -0.468 e. The molecule has 1 N–H and O–H groups in total. The molecule has 0 atom stereocenters. The molecule has 0 radical (unpaired) electrons. The van der Waals surface area contributed by atoms with Crippen molar-refractivity contribution in [2.75, 3.05) is 23.9 Å². The smallest absolute Gasteiger partial charge is 0.315 e. The van der Waals surface area contributed by atoms with Crippen LogP contribution in [-0.4, -0.2) is 35.5 Å². The van der Waals surface area contributed by atoms with Crippen molar-refractivity contribution in [3.8, 4) is 0 Å². The van der Waals surface area contributed by atoms with Crippen LogP contribution in [-0.2, 0) is 14.3 Å². The van der Waals surface area contributed by atoms with Gasteiger partial charge < -0.3 is 10.1 Å². The highest BCUT2D eigenvalue weighted by atomic mass is 32.2. The van der Waals surface area contributed by atoms with Crippen LogP contribution >= 0.6 is 23.1 Å². The third-order valence-electron chi connectivity index (χ3n) is 2.22. The molecule has 19 heavy (non-hydrogen) atoms. The molecule has 0 unspecified atom stereocenters. The Labute approximate surface area is 118 Å². The van der Waals surface area contributed by atoms with Gasteiger partial charge in [0.2, 0.25) is 5.91 Å². The lowest BCUT2D eigenvalue weighted by Gasteiger charge is -2.00. The number of fused-ring (bicyclic) bond motifs is 1. The highest BCUT2D eigenvalue weighted by Crippen LogP contribution is 2.25. The van der Waals surface area contributed by atoms with Gasteiger partial charge in [-0.2, -0.15) is 0 Å². The number of para-hydroxylation sites is 1. The van der Waals surface area contributed by atoms with Gasteiger partial charge in [0.25, 0.3) is 0 Å². The van der Waals surface area contributed by atoms with Gasteiger partial charge in [-0.15, -0.1) is 11.8 Å². The largest absolute Gasteiger partial charge is 0.468 e. The number of hydrogen-bond donors (Lipinski definition) is 1. The molecule has 0 aliphatic heterocycles. The summed E-state index contributed by atoms with van der Waals surface area (Å²) in [5.74, 6) is -0.139. The van der Waals surface area contributed by atoms with Crippen molar-refractivity contribution < 1.29 is 14.3 Å². The zero-order chi connectivity index (χ0) is 13.7. The van der Waals surface area contributed by atoms with Gasteiger partial charge in [0, 0.05) is 0 Å². The number of benzene rings is 1. The molecule has 1 amide bonds. The average molecular weight is 296 g/mol. The van der Waals surface area contributed by atoms with Gasteiger partial charge in [0.1, 0.15) is 0 Å². The van der Waals surface area contributed by atoms with Crippen LogP contribution in [0.2, 0.25) is 0 Å². The third kappa shape index (κ3) is 3.93. The van der Waals surface area contributed by atoms with Crippen LogP contribution in [0, 0.1) is 0 Å². The first-order chi connectivity index (χ1) is 9.19. The topological polar surface area (TPSA) is 68.3 Å². The third-order valence-corrected chi connectivity index (χ3v) is 4.08. The van der Waals surface area contributed by atoms with Crippen molar-refractivity contribution in [2.45, 2.75) is 0 Å². The lowest BCUT2D eigenvalue weighted by Crippen LogP contribution is -2.15. The van der Waals surface area contributed by atoms with Crippen molar-refractivity contribution in [3.05, 3.63) is 24.3 Å². The number of nitrogens with one attached hydrogen (secondary N) is 1. The van der Waals surface area contributed by atoms with Crippen molar-refractivity contribution in [3.63, 3.8) is 0 Å². The number of ether oxygens (including phenoxy) is 1.